The number of halogens is 2. The number of hydrogen-bond donors (Lipinski definition) is 0. The van der Waals surface area contributed by atoms with Crippen molar-refractivity contribution in [1.82, 2.24) is 4.57 Å². The van der Waals surface area contributed by atoms with Gasteiger partial charge in [-0.05, 0) is 94.9 Å². The van der Waals surface area contributed by atoms with Crippen LogP contribution in [0.2, 0.25) is 0 Å². The zero-order valence-electron chi connectivity index (χ0n) is 21.2. The molecular weight excluding hydrogens is 748 g/mol. The molecule has 39 heavy (non-hydrogen) atoms. The molecule has 0 aliphatic carbocycles. The maximum Gasteiger partial charge on any atom is 0.337 e. The van der Waals surface area contributed by atoms with Gasteiger partial charge in [-0.3, -0.25) is 9.36 Å². The molecule has 0 radical (unpaired) electrons. The van der Waals surface area contributed by atoms with E-state index in [9.17, 15) is 9.59 Å². The maximum absolute atomic E-state index is 13.9. The molecule has 0 unspecified atom stereocenters. The van der Waals surface area contributed by atoms with Crippen molar-refractivity contribution in [2.45, 2.75) is 19.9 Å². The molecule has 0 amide bonds. The Morgan fingerprint density at radius 1 is 1.15 bits per heavy atom. The predicted molar refractivity (Wildman–Crippen MR) is 163 cm³/mol. The molecule has 2 aromatic carbocycles. The first-order chi connectivity index (χ1) is 18.8. The van der Waals surface area contributed by atoms with Gasteiger partial charge in [-0.25, -0.2) is 9.79 Å². The van der Waals surface area contributed by atoms with Gasteiger partial charge in [0.25, 0.3) is 5.56 Å². The Morgan fingerprint density at radius 2 is 1.90 bits per heavy atom. The van der Waals surface area contributed by atoms with E-state index in [-0.39, 0.29) is 17.7 Å². The monoisotopic (exact) mass is 771 g/mol. The molecule has 2 heterocycles. The number of hydrogen-bond acceptors (Lipinski definition) is 9. The van der Waals surface area contributed by atoms with Crippen LogP contribution >= 0.6 is 56.5 Å². The van der Waals surface area contributed by atoms with Gasteiger partial charge in [-0.15, -0.1) is 0 Å². The van der Waals surface area contributed by atoms with E-state index < -0.39 is 12.0 Å². The van der Waals surface area contributed by atoms with Crippen LogP contribution in [0.5, 0.6) is 17.2 Å². The van der Waals surface area contributed by atoms with Crippen LogP contribution in [0.1, 0.15) is 31.0 Å². The highest BCUT2D eigenvalue weighted by atomic mass is 127. The van der Waals surface area contributed by atoms with Gasteiger partial charge in [-0.2, -0.15) is 5.26 Å². The summed E-state index contributed by atoms with van der Waals surface area (Å²) in [4.78, 5) is 31.5. The van der Waals surface area contributed by atoms with E-state index in [2.05, 4.69) is 50.2 Å². The Hall–Kier alpha value is -2.90. The lowest BCUT2D eigenvalue weighted by Crippen LogP contribution is -2.39. The minimum Gasteiger partial charge on any atom is -0.490 e. The molecule has 4 rings (SSSR count). The fraction of sp³-hybridized carbons (Fsp3) is 0.259. The standard InChI is InChI=1S/C27H23I2N3O6S/c1-4-36-20-7-6-15(11-21(20)37-5-2)23-18(26(34)35-3)14-31-27-32(23)25(33)22(39-27)12-16-10-17(28)13-19(29)24(16)38-9-8-30/h6-7,10-14,23H,4-5,9H2,1-3H3/b22-12+/t23-/m1/s1. The van der Waals surface area contributed by atoms with Gasteiger partial charge in [-0.1, -0.05) is 17.4 Å². The SMILES string of the molecule is CCOc1ccc([C@@H]2C(C(=O)OC)=CN=c3s/c(=C/c4cc(I)cc(I)c4OCC#N)c(=O)n32)cc1OCC. The molecule has 0 bridgehead atoms. The van der Waals surface area contributed by atoms with Crippen molar-refractivity contribution < 1.29 is 23.7 Å². The summed E-state index contributed by atoms with van der Waals surface area (Å²) >= 11 is 5.53. The molecule has 12 heteroatoms. The molecule has 1 aliphatic rings. The third-order valence-corrected chi connectivity index (χ3v) is 8.03. The van der Waals surface area contributed by atoms with Crippen LogP contribution in [0.25, 0.3) is 6.08 Å². The molecule has 0 N–H and O–H groups in total. The van der Waals surface area contributed by atoms with Gasteiger partial charge in [0.15, 0.2) is 22.9 Å². The van der Waals surface area contributed by atoms with Gasteiger partial charge >= 0.3 is 5.97 Å². The van der Waals surface area contributed by atoms with Crippen molar-refractivity contribution >= 4 is 68.6 Å². The number of aromatic nitrogens is 1. The molecule has 1 aromatic heterocycles. The number of ether oxygens (including phenoxy) is 4. The highest BCUT2D eigenvalue weighted by Crippen LogP contribution is 2.35. The third kappa shape index (κ3) is 6.15. The summed E-state index contributed by atoms with van der Waals surface area (Å²) in [7, 11) is 1.29. The van der Waals surface area contributed by atoms with Crippen LogP contribution in [0, 0.1) is 18.5 Å². The lowest BCUT2D eigenvalue weighted by molar-refractivity contribution is -0.136. The first kappa shape index (κ1) is 29.1. The molecule has 0 spiro atoms. The Morgan fingerprint density at radius 3 is 2.59 bits per heavy atom. The predicted octanol–water partition coefficient (Wildman–Crippen LogP) is 3.93. The molecule has 1 aliphatic heterocycles. The lowest BCUT2D eigenvalue weighted by atomic mass is 9.97. The Bertz CT molecular complexity index is 1670. The van der Waals surface area contributed by atoms with E-state index in [1.165, 1.54) is 29.2 Å². The van der Waals surface area contributed by atoms with E-state index in [4.69, 9.17) is 24.2 Å². The van der Waals surface area contributed by atoms with Gasteiger partial charge in [0.1, 0.15) is 11.8 Å². The van der Waals surface area contributed by atoms with Gasteiger partial charge in [0, 0.05) is 15.3 Å². The quantitative estimate of drug-likeness (QED) is 0.240. The van der Waals surface area contributed by atoms with Crippen LogP contribution in [0.3, 0.4) is 0 Å². The highest BCUT2D eigenvalue weighted by molar-refractivity contribution is 14.1. The van der Waals surface area contributed by atoms with E-state index in [0.29, 0.717) is 50.9 Å². The number of carbonyl (C=O) groups excluding carboxylic acids is 1. The van der Waals surface area contributed by atoms with Crippen LogP contribution in [-0.4, -0.2) is 37.5 Å². The van der Waals surface area contributed by atoms with E-state index in [1.54, 1.807) is 24.3 Å². The lowest BCUT2D eigenvalue weighted by Gasteiger charge is -2.23. The van der Waals surface area contributed by atoms with Crippen LogP contribution < -0.4 is 29.1 Å². The smallest absolute Gasteiger partial charge is 0.337 e. The second kappa shape index (κ2) is 13.0. The molecule has 3 aromatic rings. The van der Waals surface area contributed by atoms with E-state index >= 15 is 0 Å². The summed E-state index contributed by atoms with van der Waals surface area (Å²) < 4.78 is 25.9. The van der Waals surface area contributed by atoms with E-state index in [0.717, 1.165) is 7.14 Å². The molecule has 0 saturated carbocycles. The van der Waals surface area contributed by atoms with Gasteiger partial charge in [0.05, 0.1) is 40.0 Å². The highest BCUT2D eigenvalue weighted by Gasteiger charge is 2.31. The summed E-state index contributed by atoms with van der Waals surface area (Å²) in [6.45, 7) is 4.49. The van der Waals surface area contributed by atoms with Gasteiger partial charge in [0.2, 0.25) is 0 Å². The number of rotatable bonds is 9. The van der Waals surface area contributed by atoms with Crippen molar-refractivity contribution in [3.63, 3.8) is 0 Å². The second-order valence-electron chi connectivity index (χ2n) is 8.00. The number of thiazole rings is 1. The summed E-state index contributed by atoms with van der Waals surface area (Å²) in [5, 5.41) is 9.02. The fourth-order valence-corrected chi connectivity index (χ4v) is 7.08. The largest absolute Gasteiger partial charge is 0.490 e. The topological polar surface area (TPSA) is 112 Å². The summed E-state index contributed by atoms with van der Waals surface area (Å²) in [5.74, 6) is 0.998. The van der Waals surface area contributed by atoms with Crippen molar-refractivity contribution in [2.75, 3.05) is 26.9 Å². The Kier molecular flexibility index (Phi) is 9.67. The Balaban J connectivity index is 1.93. The number of methoxy groups -OCH3 is 1. The first-order valence-corrected chi connectivity index (χ1v) is 14.8. The zero-order valence-corrected chi connectivity index (χ0v) is 26.3. The molecule has 1 atom stereocenters. The summed E-state index contributed by atoms with van der Waals surface area (Å²) in [6, 6.07) is 10.3. The maximum atomic E-state index is 13.9. The van der Waals surface area contributed by atoms with Crippen LogP contribution in [0.4, 0.5) is 0 Å². The average molecular weight is 771 g/mol. The Labute approximate surface area is 255 Å². The zero-order chi connectivity index (χ0) is 28.1. The number of nitrogens with zero attached hydrogens (tertiary/aromatic N) is 3. The molecular formula is C27H23I2N3O6S. The normalized spacial score (nSPS) is 14.5. The average Bonchev–Trinajstić information content (AvgIpc) is 3.23. The third-order valence-electron chi connectivity index (χ3n) is 5.61. The summed E-state index contributed by atoms with van der Waals surface area (Å²) in [5.41, 5.74) is 1.19. The number of nitriles is 1. The number of benzene rings is 2. The first-order valence-electron chi connectivity index (χ1n) is 11.8. The fourth-order valence-electron chi connectivity index (χ4n) is 4.07. The van der Waals surface area contributed by atoms with Crippen LogP contribution in [0.15, 0.2) is 51.9 Å². The van der Waals surface area contributed by atoms with Crippen LogP contribution in [-0.2, 0) is 9.53 Å². The van der Waals surface area contributed by atoms with Crippen molar-refractivity contribution in [1.29, 1.82) is 5.26 Å². The van der Waals surface area contributed by atoms with E-state index in [1.807, 2.05) is 32.0 Å². The number of esters is 1. The van der Waals surface area contributed by atoms with Gasteiger partial charge < -0.3 is 18.9 Å². The molecule has 202 valence electrons. The molecule has 0 fully saturated rings. The molecule has 9 nitrogen and oxygen atoms in total. The minimum atomic E-state index is -0.795. The second-order valence-corrected chi connectivity index (χ2v) is 11.4. The number of carbonyl (C=O) groups is 1. The number of fused-ring (bicyclic) bond motifs is 1. The van der Waals surface area contributed by atoms with Crippen molar-refractivity contribution in [2.24, 2.45) is 4.99 Å². The molecule has 0 saturated heterocycles. The van der Waals surface area contributed by atoms with Crippen molar-refractivity contribution in [3.05, 3.63) is 80.1 Å². The summed E-state index contributed by atoms with van der Waals surface area (Å²) in [6.07, 6.45) is 3.17. The van der Waals surface area contributed by atoms with Crippen molar-refractivity contribution in [3.8, 4) is 23.3 Å². The minimum absolute atomic E-state index is 0.124.